The summed E-state index contributed by atoms with van der Waals surface area (Å²) in [6.07, 6.45) is 1.73. The Bertz CT molecular complexity index is 1520. The topological polar surface area (TPSA) is 125 Å². The predicted octanol–water partition coefficient (Wildman–Crippen LogP) is 5.12. The average molecular weight is 658 g/mol. The molecule has 2 heterocycles. The summed E-state index contributed by atoms with van der Waals surface area (Å²) >= 11 is 1.10. The first-order chi connectivity index (χ1) is 21.5. The molecule has 2 aromatic carbocycles. The molecule has 0 saturated carbocycles. The minimum absolute atomic E-state index is 0.125. The Morgan fingerprint density at radius 1 is 1.13 bits per heavy atom. The SMILES string of the molecule is C[C@@H]1CCCCO[C@@H](CN(C)C(=O)c2ccccc2)[C@H](C)CN([C@@H](C)CO)C(=O)c2cc(NS(=O)(=O)c3cccs3)ccc2O1. The third kappa shape index (κ3) is 9.06. The lowest BCUT2D eigenvalue weighted by Crippen LogP contribution is -2.48. The van der Waals surface area contributed by atoms with Crippen LogP contribution in [0.25, 0.3) is 0 Å². The first-order valence-corrected chi connectivity index (χ1v) is 17.6. The van der Waals surface area contributed by atoms with Crippen molar-refractivity contribution in [2.24, 2.45) is 5.92 Å². The largest absolute Gasteiger partial charge is 0.490 e. The first kappa shape index (κ1) is 34.4. The number of sulfonamides is 1. The number of anilines is 1. The summed E-state index contributed by atoms with van der Waals surface area (Å²) in [4.78, 5) is 30.6. The summed E-state index contributed by atoms with van der Waals surface area (Å²) in [6.45, 7) is 6.38. The molecule has 3 aromatic rings. The monoisotopic (exact) mass is 657 g/mol. The van der Waals surface area contributed by atoms with E-state index in [1.807, 2.05) is 32.0 Å². The van der Waals surface area contributed by atoms with Gasteiger partial charge in [0.2, 0.25) is 0 Å². The smallest absolute Gasteiger partial charge is 0.271 e. The first-order valence-electron chi connectivity index (χ1n) is 15.2. The number of likely N-dealkylation sites (N-methyl/N-ethyl adjacent to an activating group) is 1. The van der Waals surface area contributed by atoms with Crippen molar-refractivity contribution < 1.29 is 32.6 Å². The number of hydrogen-bond donors (Lipinski definition) is 2. The van der Waals surface area contributed by atoms with Crippen molar-refractivity contribution in [1.29, 1.82) is 0 Å². The summed E-state index contributed by atoms with van der Waals surface area (Å²) in [6, 6.07) is 16.3. The molecule has 0 aliphatic carbocycles. The van der Waals surface area contributed by atoms with E-state index in [2.05, 4.69) is 4.72 Å². The minimum atomic E-state index is -3.85. The Morgan fingerprint density at radius 3 is 2.58 bits per heavy atom. The second-order valence-electron chi connectivity index (χ2n) is 11.6. The normalized spacial score (nSPS) is 20.8. The molecule has 10 nitrogen and oxygen atoms in total. The molecule has 0 unspecified atom stereocenters. The van der Waals surface area contributed by atoms with Crippen LogP contribution in [0.4, 0.5) is 5.69 Å². The van der Waals surface area contributed by atoms with Crippen LogP contribution in [0.3, 0.4) is 0 Å². The number of ether oxygens (including phenoxy) is 2. The molecule has 1 aromatic heterocycles. The molecular weight excluding hydrogens is 615 g/mol. The van der Waals surface area contributed by atoms with Gasteiger partial charge in [-0.1, -0.05) is 31.2 Å². The zero-order valence-electron chi connectivity index (χ0n) is 26.2. The molecule has 45 heavy (non-hydrogen) atoms. The van der Waals surface area contributed by atoms with Crippen LogP contribution >= 0.6 is 11.3 Å². The molecule has 4 atom stereocenters. The van der Waals surface area contributed by atoms with Crippen LogP contribution in [0.15, 0.2) is 70.3 Å². The van der Waals surface area contributed by atoms with Crippen LogP contribution in [0.2, 0.25) is 0 Å². The molecule has 2 N–H and O–H groups in total. The maximum atomic E-state index is 14.3. The Hall–Kier alpha value is -3.45. The fraction of sp³-hybridized carbons (Fsp3) is 0.455. The molecule has 1 aliphatic rings. The van der Waals surface area contributed by atoms with Crippen LogP contribution in [0.1, 0.15) is 60.7 Å². The van der Waals surface area contributed by atoms with E-state index in [0.717, 1.165) is 24.2 Å². The molecule has 12 heteroatoms. The number of thiophene rings is 1. The lowest BCUT2D eigenvalue weighted by Gasteiger charge is -2.36. The van der Waals surface area contributed by atoms with Gasteiger partial charge in [0.05, 0.1) is 30.4 Å². The van der Waals surface area contributed by atoms with Crippen molar-refractivity contribution in [3.05, 3.63) is 77.2 Å². The quantitative estimate of drug-likeness (QED) is 0.345. The lowest BCUT2D eigenvalue weighted by atomic mass is 10.0. The Balaban J connectivity index is 1.65. The number of nitrogens with zero attached hydrogens (tertiary/aromatic N) is 2. The minimum Gasteiger partial charge on any atom is -0.490 e. The van der Waals surface area contributed by atoms with Gasteiger partial charge in [-0.15, -0.1) is 11.3 Å². The van der Waals surface area contributed by atoms with Gasteiger partial charge in [0, 0.05) is 43.9 Å². The summed E-state index contributed by atoms with van der Waals surface area (Å²) in [7, 11) is -2.11. The van der Waals surface area contributed by atoms with E-state index >= 15 is 0 Å². The fourth-order valence-corrected chi connectivity index (χ4v) is 7.27. The van der Waals surface area contributed by atoms with Gasteiger partial charge in [0.15, 0.2) is 0 Å². The molecule has 0 bridgehead atoms. The molecule has 1 aliphatic heterocycles. The molecule has 244 valence electrons. The molecule has 0 saturated heterocycles. The van der Waals surface area contributed by atoms with Crippen molar-refractivity contribution in [2.75, 3.05) is 38.1 Å². The van der Waals surface area contributed by atoms with Crippen molar-refractivity contribution in [1.82, 2.24) is 9.80 Å². The lowest BCUT2D eigenvalue weighted by molar-refractivity contribution is -0.0149. The maximum Gasteiger partial charge on any atom is 0.271 e. The van der Waals surface area contributed by atoms with Gasteiger partial charge in [0.25, 0.3) is 21.8 Å². The Kier molecular flexibility index (Phi) is 12.0. The van der Waals surface area contributed by atoms with E-state index in [1.54, 1.807) is 59.5 Å². The Labute approximate surface area is 270 Å². The third-order valence-corrected chi connectivity index (χ3v) is 10.7. The number of fused-ring (bicyclic) bond motifs is 1. The summed E-state index contributed by atoms with van der Waals surface area (Å²) < 4.78 is 41.2. The number of carbonyl (C=O) groups is 2. The van der Waals surface area contributed by atoms with Crippen LogP contribution in [-0.4, -0.2) is 86.7 Å². The molecule has 0 radical (unpaired) electrons. The highest BCUT2D eigenvalue weighted by Gasteiger charge is 2.31. The van der Waals surface area contributed by atoms with Crippen molar-refractivity contribution in [3.63, 3.8) is 0 Å². The molecule has 0 spiro atoms. The standard InChI is InChI=1S/C33H43N3O7S2/c1-23-20-36(24(2)22-37)33(39)28-19-27(34-45(40,41)31-14-10-18-44-31)15-16-29(28)43-25(3)11-8-9-17-42-30(23)21-35(4)32(38)26-12-6-5-7-13-26/h5-7,10,12-16,18-19,23-25,30,34,37H,8-9,11,17,20-22H2,1-4H3/t23-,24+,25-,30+/m1/s1. The second-order valence-corrected chi connectivity index (χ2v) is 14.5. The van der Waals surface area contributed by atoms with E-state index in [0.29, 0.717) is 30.9 Å². The van der Waals surface area contributed by atoms with E-state index in [1.165, 1.54) is 12.1 Å². The summed E-state index contributed by atoms with van der Waals surface area (Å²) in [5, 5.41) is 11.9. The summed E-state index contributed by atoms with van der Waals surface area (Å²) in [5.74, 6) is -0.416. The average Bonchev–Trinajstić information content (AvgIpc) is 3.59. The number of hydrogen-bond acceptors (Lipinski definition) is 8. The molecular formula is C33H43N3O7S2. The number of aliphatic hydroxyl groups is 1. The van der Waals surface area contributed by atoms with E-state index in [-0.39, 0.29) is 52.6 Å². The highest BCUT2D eigenvalue weighted by Crippen LogP contribution is 2.30. The molecule has 0 fully saturated rings. The highest BCUT2D eigenvalue weighted by atomic mass is 32.2. The zero-order valence-corrected chi connectivity index (χ0v) is 27.9. The van der Waals surface area contributed by atoms with Gasteiger partial charge in [-0.25, -0.2) is 8.42 Å². The van der Waals surface area contributed by atoms with Gasteiger partial charge in [-0.2, -0.15) is 0 Å². The number of amides is 2. The van der Waals surface area contributed by atoms with E-state index in [9.17, 15) is 23.1 Å². The molecule has 2 amide bonds. The predicted molar refractivity (Wildman–Crippen MR) is 175 cm³/mol. The van der Waals surface area contributed by atoms with Crippen molar-refractivity contribution in [3.8, 4) is 5.75 Å². The fourth-order valence-electron chi connectivity index (χ4n) is 5.22. The molecule has 4 rings (SSSR count). The number of carbonyl (C=O) groups excluding carboxylic acids is 2. The Morgan fingerprint density at radius 2 is 1.89 bits per heavy atom. The van der Waals surface area contributed by atoms with Crippen LogP contribution in [0.5, 0.6) is 5.75 Å². The number of aliphatic hydroxyl groups excluding tert-OH is 1. The van der Waals surface area contributed by atoms with Crippen LogP contribution < -0.4 is 9.46 Å². The van der Waals surface area contributed by atoms with E-state index in [4.69, 9.17) is 9.47 Å². The maximum absolute atomic E-state index is 14.3. The van der Waals surface area contributed by atoms with Gasteiger partial charge in [-0.3, -0.25) is 14.3 Å². The number of nitrogens with one attached hydrogen (secondary N) is 1. The van der Waals surface area contributed by atoms with Crippen LogP contribution in [0, 0.1) is 5.92 Å². The van der Waals surface area contributed by atoms with E-state index < -0.39 is 22.0 Å². The van der Waals surface area contributed by atoms with Gasteiger partial charge in [-0.05, 0) is 74.9 Å². The second kappa shape index (κ2) is 15.7. The van der Waals surface area contributed by atoms with Gasteiger partial charge >= 0.3 is 0 Å². The number of benzene rings is 2. The summed E-state index contributed by atoms with van der Waals surface area (Å²) in [5.41, 5.74) is 0.988. The zero-order chi connectivity index (χ0) is 32.6. The van der Waals surface area contributed by atoms with Gasteiger partial charge in [0.1, 0.15) is 9.96 Å². The van der Waals surface area contributed by atoms with Crippen molar-refractivity contribution in [2.45, 2.75) is 62.5 Å². The van der Waals surface area contributed by atoms with Crippen molar-refractivity contribution >= 4 is 38.9 Å². The van der Waals surface area contributed by atoms with Gasteiger partial charge < -0.3 is 24.4 Å². The highest BCUT2D eigenvalue weighted by molar-refractivity contribution is 7.94. The van der Waals surface area contributed by atoms with Crippen LogP contribution in [-0.2, 0) is 14.8 Å². The number of rotatable bonds is 8. The third-order valence-electron chi connectivity index (χ3n) is 7.88.